The summed E-state index contributed by atoms with van der Waals surface area (Å²) in [6.45, 7) is 2.12. The highest BCUT2D eigenvalue weighted by Crippen LogP contribution is 2.20. The molecule has 1 aromatic heterocycles. The van der Waals surface area contributed by atoms with Gasteiger partial charge in [-0.3, -0.25) is 0 Å². The predicted molar refractivity (Wildman–Crippen MR) is 74.8 cm³/mol. The fourth-order valence-electron chi connectivity index (χ4n) is 1.77. The Morgan fingerprint density at radius 1 is 1.06 bits per heavy atom. The second-order valence-electron chi connectivity index (χ2n) is 4.48. The summed E-state index contributed by atoms with van der Waals surface area (Å²) in [4.78, 5) is 10.1. The van der Waals surface area contributed by atoms with Gasteiger partial charge in [0.2, 0.25) is 0 Å². The smallest absolute Gasteiger partial charge is 0.115 e. The molecular weight excluding hydrogens is 224 g/mol. The van der Waals surface area contributed by atoms with Crippen LogP contribution < -0.4 is 10.2 Å². The van der Waals surface area contributed by atoms with Crippen molar-refractivity contribution in [3.05, 3.63) is 48.5 Å². The van der Waals surface area contributed by atoms with Gasteiger partial charge in [0.25, 0.3) is 0 Å². The molecule has 0 spiro atoms. The Morgan fingerprint density at radius 2 is 1.67 bits per heavy atom. The Morgan fingerprint density at radius 3 is 2.22 bits per heavy atom. The van der Waals surface area contributed by atoms with Crippen LogP contribution in [0.4, 0.5) is 11.4 Å². The van der Waals surface area contributed by atoms with Gasteiger partial charge in [-0.05, 0) is 24.6 Å². The minimum Gasteiger partial charge on any atom is -0.378 e. The van der Waals surface area contributed by atoms with Crippen molar-refractivity contribution in [2.75, 3.05) is 24.3 Å². The first-order chi connectivity index (χ1) is 8.66. The molecule has 0 radical (unpaired) electrons. The zero-order chi connectivity index (χ0) is 13.0. The second-order valence-corrected chi connectivity index (χ2v) is 4.48. The Kier molecular flexibility index (Phi) is 3.77. The van der Waals surface area contributed by atoms with Crippen molar-refractivity contribution in [1.29, 1.82) is 0 Å². The van der Waals surface area contributed by atoms with Gasteiger partial charge in [-0.1, -0.05) is 12.1 Å². The molecule has 1 aromatic carbocycles. The average molecular weight is 242 g/mol. The Balaban J connectivity index is 2.07. The lowest BCUT2D eigenvalue weighted by Gasteiger charge is -2.17. The molecule has 4 nitrogen and oxygen atoms in total. The van der Waals surface area contributed by atoms with Crippen molar-refractivity contribution in [3.63, 3.8) is 0 Å². The molecule has 4 heteroatoms. The maximum absolute atomic E-state index is 3.99. The quantitative estimate of drug-likeness (QED) is 0.895. The van der Waals surface area contributed by atoms with E-state index in [1.807, 2.05) is 14.1 Å². The van der Waals surface area contributed by atoms with Crippen molar-refractivity contribution in [2.45, 2.75) is 13.0 Å². The van der Waals surface area contributed by atoms with Gasteiger partial charge in [0.1, 0.15) is 6.33 Å². The van der Waals surface area contributed by atoms with Crippen molar-refractivity contribution < 1.29 is 0 Å². The van der Waals surface area contributed by atoms with Crippen molar-refractivity contribution >= 4 is 11.4 Å². The van der Waals surface area contributed by atoms with E-state index >= 15 is 0 Å². The maximum Gasteiger partial charge on any atom is 0.115 e. The lowest BCUT2D eigenvalue weighted by atomic mass is 10.1. The molecule has 1 atom stereocenters. The van der Waals surface area contributed by atoms with E-state index in [4.69, 9.17) is 0 Å². The van der Waals surface area contributed by atoms with Gasteiger partial charge in [-0.15, -0.1) is 0 Å². The van der Waals surface area contributed by atoms with E-state index in [0.29, 0.717) is 0 Å². The normalized spacial score (nSPS) is 11.9. The van der Waals surface area contributed by atoms with Crippen LogP contribution in [0, 0.1) is 0 Å². The molecule has 0 aliphatic carbocycles. The summed E-state index contributed by atoms with van der Waals surface area (Å²) in [5.74, 6) is 0. The molecule has 18 heavy (non-hydrogen) atoms. The summed E-state index contributed by atoms with van der Waals surface area (Å²) in [6, 6.07) is 8.74. The van der Waals surface area contributed by atoms with Gasteiger partial charge >= 0.3 is 0 Å². The minimum absolute atomic E-state index is 0.229. The highest BCUT2D eigenvalue weighted by molar-refractivity contribution is 5.48. The maximum atomic E-state index is 3.99. The zero-order valence-corrected chi connectivity index (χ0v) is 11.0. The standard InChI is InChI=1S/C14H18N4/c1-11(17-13-8-15-10-16-9-13)12-4-6-14(7-5-12)18(2)3/h4-11,17H,1-3H3. The van der Waals surface area contributed by atoms with Gasteiger partial charge in [0.15, 0.2) is 0 Å². The molecule has 0 saturated heterocycles. The first-order valence-corrected chi connectivity index (χ1v) is 5.95. The van der Waals surface area contributed by atoms with Crippen LogP contribution in [0.1, 0.15) is 18.5 Å². The van der Waals surface area contributed by atoms with Crippen LogP contribution >= 0.6 is 0 Å². The summed E-state index contributed by atoms with van der Waals surface area (Å²) in [5.41, 5.74) is 3.38. The molecule has 2 aromatic rings. The molecule has 0 bridgehead atoms. The van der Waals surface area contributed by atoms with Gasteiger partial charge in [-0.2, -0.15) is 0 Å². The van der Waals surface area contributed by atoms with E-state index in [2.05, 4.69) is 51.4 Å². The molecule has 1 heterocycles. The highest BCUT2D eigenvalue weighted by atomic mass is 15.1. The largest absolute Gasteiger partial charge is 0.378 e. The fourth-order valence-corrected chi connectivity index (χ4v) is 1.77. The van der Waals surface area contributed by atoms with Crippen LogP contribution in [-0.4, -0.2) is 24.1 Å². The molecule has 0 aliphatic rings. The monoisotopic (exact) mass is 242 g/mol. The molecule has 2 rings (SSSR count). The third-order valence-corrected chi connectivity index (χ3v) is 2.85. The molecule has 94 valence electrons. The lowest BCUT2D eigenvalue weighted by Crippen LogP contribution is -2.10. The van der Waals surface area contributed by atoms with Crippen LogP contribution in [0.3, 0.4) is 0 Å². The summed E-state index contributed by atoms with van der Waals surface area (Å²) < 4.78 is 0. The topological polar surface area (TPSA) is 41.1 Å². The van der Waals surface area contributed by atoms with E-state index in [9.17, 15) is 0 Å². The van der Waals surface area contributed by atoms with E-state index < -0.39 is 0 Å². The second kappa shape index (κ2) is 5.49. The number of rotatable bonds is 4. The van der Waals surface area contributed by atoms with E-state index in [0.717, 1.165) is 5.69 Å². The van der Waals surface area contributed by atoms with E-state index in [-0.39, 0.29) is 6.04 Å². The molecule has 0 amide bonds. The fraction of sp³-hybridized carbons (Fsp3) is 0.286. The van der Waals surface area contributed by atoms with Crippen molar-refractivity contribution in [3.8, 4) is 0 Å². The molecule has 1 N–H and O–H groups in total. The number of hydrogen-bond donors (Lipinski definition) is 1. The first kappa shape index (κ1) is 12.4. The van der Waals surface area contributed by atoms with Gasteiger partial charge in [-0.25, -0.2) is 9.97 Å². The third-order valence-electron chi connectivity index (χ3n) is 2.85. The van der Waals surface area contributed by atoms with Gasteiger partial charge in [0.05, 0.1) is 18.1 Å². The number of aromatic nitrogens is 2. The number of nitrogens with one attached hydrogen (secondary N) is 1. The van der Waals surface area contributed by atoms with Crippen LogP contribution in [-0.2, 0) is 0 Å². The molecule has 0 saturated carbocycles. The molecule has 0 fully saturated rings. The Labute approximate surface area is 108 Å². The minimum atomic E-state index is 0.229. The summed E-state index contributed by atoms with van der Waals surface area (Å²) >= 11 is 0. The summed E-state index contributed by atoms with van der Waals surface area (Å²) in [7, 11) is 4.08. The average Bonchev–Trinajstić information content (AvgIpc) is 2.40. The van der Waals surface area contributed by atoms with Crippen LogP contribution in [0.2, 0.25) is 0 Å². The Hall–Kier alpha value is -2.10. The summed E-state index contributed by atoms with van der Waals surface area (Å²) in [6.07, 6.45) is 5.08. The Bertz CT molecular complexity index is 479. The van der Waals surface area contributed by atoms with E-state index in [1.165, 1.54) is 17.6 Å². The lowest BCUT2D eigenvalue weighted by molar-refractivity contribution is 0.879. The number of nitrogens with zero attached hydrogens (tertiary/aromatic N) is 3. The molecular formula is C14H18N4. The predicted octanol–water partition coefficient (Wildman–Crippen LogP) is 2.72. The van der Waals surface area contributed by atoms with E-state index in [1.54, 1.807) is 12.4 Å². The van der Waals surface area contributed by atoms with Gasteiger partial charge < -0.3 is 10.2 Å². The van der Waals surface area contributed by atoms with Crippen molar-refractivity contribution in [2.24, 2.45) is 0 Å². The van der Waals surface area contributed by atoms with Crippen LogP contribution in [0.5, 0.6) is 0 Å². The SMILES string of the molecule is CC(Nc1cncnc1)c1ccc(N(C)C)cc1. The number of hydrogen-bond acceptors (Lipinski definition) is 4. The number of anilines is 2. The van der Waals surface area contributed by atoms with Crippen LogP contribution in [0.25, 0.3) is 0 Å². The molecule has 1 unspecified atom stereocenters. The highest BCUT2D eigenvalue weighted by Gasteiger charge is 2.05. The van der Waals surface area contributed by atoms with Gasteiger partial charge in [0, 0.05) is 25.8 Å². The zero-order valence-electron chi connectivity index (χ0n) is 11.0. The third kappa shape index (κ3) is 2.97. The molecule has 0 aliphatic heterocycles. The number of benzene rings is 1. The van der Waals surface area contributed by atoms with Crippen molar-refractivity contribution in [1.82, 2.24) is 9.97 Å². The first-order valence-electron chi connectivity index (χ1n) is 5.95. The summed E-state index contributed by atoms with van der Waals surface area (Å²) in [5, 5.41) is 3.37. The van der Waals surface area contributed by atoms with Crippen LogP contribution in [0.15, 0.2) is 43.0 Å².